The first kappa shape index (κ1) is 26.2. The highest BCUT2D eigenvalue weighted by Crippen LogP contribution is 2.34. The molecule has 0 bridgehead atoms. The van der Waals surface area contributed by atoms with E-state index < -0.39 is 17.6 Å². The number of ether oxygens (including phenoxy) is 1. The fourth-order valence-corrected chi connectivity index (χ4v) is 3.88. The molecule has 1 fully saturated rings. The maximum Gasteiger partial charge on any atom is 0.416 e. The highest BCUT2D eigenvalue weighted by molar-refractivity contribution is 5.63. The number of benzene rings is 1. The van der Waals surface area contributed by atoms with Gasteiger partial charge in [0.2, 0.25) is 0 Å². The van der Waals surface area contributed by atoms with Crippen molar-refractivity contribution in [1.82, 2.24) is 24.5 Å². The van der Waals surface area contributed by atoms with Crippen LogP contribution in [0.5, 0.6) is 0 Å². The first-order valence-electron chi connectivity index (χ1n) is 11.9. The van der Waals surface area contributed by atoms with Gasteiger partial charge < -0.3 is 19.5 Å². The number of halogens is 4. The Kier molecular flexibility index (Phi) is 7.45. The summed E-state index contributed by atoms with van der Waals surface area (Å²) in [5, 5.41) is 11.0. The Bertz CT molecular complexity index is 1470. The molecule has 4 aromatic rings. The Hall–Kier alpha value is -4.46. The lowest BCUT2D eigenvalue weighted by atomic mass is 10.1. The fraction of sp³-hybridized carbons (Fsp3) is 0.280. The maximum absolute atomic E-state index is 14.2. The van der Waals surface area contributed by atoms with E-state index in [2.05, 4.69) is 35.5 Å². The molecule has 1 aliphatic rings. The third-order valence-electron chi connectivity index (χ3n) is 5.78. The number of azo groups is 1. The lowest BCUT2D eigenvalue weighted by molar-refractivity contribution is -0.137. The molecular weight excluding hydrogens is 518 g/mol. The summed E-state index contributed by atoms with van der Waals surface area (Å²) in [7, 11) is 0. The van der Waals surface area contributed by atoms with Crippen molar-refractivity contribution in [3.63, 3.8) is 0 Å². The summed E-state index contributed by atoms with van der Waals surface area (Å²) in [6, 6.07) is 7.02. The SMILES string of the molecule is Cc1cn(-c2cc(Nc3ccc(CN=Nc4ncc(F)c(N5CCOCC5)n4)nc3)cc(C(F)(F)F)c2)cn1. The molecule has 5 rings (SSSR count). The van der Waals surface area contributed by atoms with Crippen LogP contribution in [0.15, 0.2) is 65.5 Å². The number of nitrogens with zero attached hydrogens (tertiary/aromatic N) is 8. The van der Waals surface area contributed by atoms with E-state index in [0.717, 1.165) is 18.3 Å². The summed E-state index contributed by atoms with van der Waals surface area (Å²) in [6.07, 6.45) is 1.12. The number of aromatic nitrogens is 5. The predicted octanol–water partition coefficient (Wildman–Crippen LogP) is 5.39. The van der Waals surface area contributed by atoms with Gasteiger partial charge in [-0.2, -0.15) is 23.3 Å². The predicted molar refractivity (Wildman–Crippen MR) is 134 cm³/mol. The average Bonchev–Trinajstić information content (AvgIpc) is 3.37. The lowest BCUT2D eigenvalue weighted by Crippen LogP contribution is -2.37. The highest BCUT2D eigenvalue weighted by Gasteiger charge is 2.31. The van der Waals surface area contributed by atoms with Crippen molar-refractivity contribution in [3.05, 3.63) is 78.0 Å². The van der Waals surface area contributed by atoms with E-state index >= 15 is 0 Å². The molecule has 0 radical (unpaired) electrons. The molecule has 0 atom stereocenters. The second kappa shape index (κ2) is 11.1. The number of morpholine rings is 1. The smallest absolute Gasteiger partial charge is 0.378 e. The average molecular weight is 542 g/mol. The van der Waals surface area contributed by atoms with Crippen LogP contribution in [0.1, 0.15) is 17.0 Å². The van der Waals surface area contributed by atoms with Crippen molar-refractivity contribution in [2.75, 3.05) is 36.5 Å². The van der Waals surface area contributed by atoms with Crippen LogP contribution < -0.4 is 10.2 Å². The summed E-state index contributed by atoms with van der Waals surface area (Å²) >= 11 is 0. The molecule has 0 saturated carbocycles. The van der Waals surface area contributed by atoms with Crippen LogP contribution in [0.25, 0.3) is 5.69 Å². The van der Waals surface area contributed by atoms with Gasteiger partial charge in [0.05, 0.1) is 54.6 Å². The summed E-state index contributed by atoms with van der Waals surface area (Å²) in [5.41, 5.74) is 1.49. The van der Waals surface area contributed by atoms with Gasteiger partial charge in [0, 0.05) is 30.7 Å². The van der Waals surface area contributed by atoms with Gasteiger partial charge in [0.15, 0.2) is 11.6 Å². The zero-order chi connectivity index (χ0) is 27.4. The molecule has 4 heterocycles. The maximum atomic E-state index is 14.2. The third-order valence-corrected chi connectivity index (χ3v) is 5.78. The number of alkyl halides is 3. The number of aryl methyl sites for hydroxylation is 1. The lowest BCUT2D eigenvalue weighted by Gasteiger charge is -2.27. The number of anilines is 3. The standard InChI is InChI=1S/C25H23F4N9O/c1-16-14-38(15-32-16)21-9-17(25(27,28)29)8-20(10-21)34-19-3-2-18(30-11-19)12-33-36-24-31-13-22(26)23(35-24)37-4-6-39-7-5-37/h2-3,8-11,13-15,34H,4-7,12H2,1H3. The van der Waals surface area contributed by atoms with Gasteiger partial charge in [-0.1, -0.05) is 0 Å². The Morgan fingerprint density at radius 3 is 2.54 bits per heavy atom. The summed E-state index contributed by atoms with van der Waals surface area (Å²) in [5.74, 6) is -0.380. The Morgan fingerprint density at radius 1 is 1.03 bits per heavy atom. The Labute approximate surface area is 220 Å². The molecular formula is C25H23F4N9O. The molecule has 14 heteroatoms. The largest absolute Gasteiger partial charge is 0.416 e. The van der Waals surface area contributed by atoms with Gasteiger partial charge in [0.1, 0.15) is 6.54 Å². The molecule has 39 heavy (non-hydrogen) atoms. The van der Waals surface area contributed by atoms with Crippen molar-refractivity contribution < 1.29 is 22.3 Å². The minimum absolute atomic E-state index is 0.0182. The Balaban J connectivity index is 1.26. The van der Waals surface area contributed by atoms with E-state index in [-0.39, 0.29) is 24.0 Å². The van der Waals surface area contributed by atoms with Crippen LogP contribution in [0.4, 0.5) is 40.7 Å². The molecule has 202 valence electrons. The van der Waals surface area contributed by atoms with Gasteiger partial charge in [-0.3, -0.25) is 4.98 Å². The van der Waals surface area contributed by atoms with E-state index in [0.29, 0.717) is 49.1 Å². The molecule has 0 spiro atoms. The number of rotatable bonds is 7. The number of hydrogen-bond acceptors (Lipinski definition) is 9. The number of imidazole rings is 1. The van der Waals surface area contributed by atoms with Crippen LogP contribution >= 0.6 is 0 Å². The second-order valence-corrected chi connectivity index (χ2v) is 8.69. The van der Waals surface area contributed by atoms with E-state index in [9.17, 15) is 17.6 Å². The first-order chi connectivity index (χ1) is 18.7. The van der Waals surface area contributed by atoms with Gasteiger partial charge in [-0.25, -0.2) is 14.4 Å². The van der Waals surface area contributed by atoms with E-state index in [4.69, 9.17) is 4.74 Å². The van der Waals surface area contributed by atoms with Gasteiger partial charge in [-0.15, -0.1) is 5.11 Å². The third kappa shape index (κ3) is 6.52. The van der Waals surface area contributed by atoms with E-state index in [1.54, 1.807) is 36.2 Å². The molecule has 1 N–H and O–H groups in total. The summed E-state index contributed by atoms with van der Waals surface area (Å²) in [4.78, 5) is 18.1. The molecule has 0 aliphatic carbocycles. The van der Waals surface area contributed by atoms with E-state index in [1.807, 2.05) is 0 Å². The summed E-state index contributed by atoms with van der Waals surface area (Å²) < 4.78 is 61.5. The van der Waals surface area contributed by atoms with Crippen molar-refractivity contribution in [2.24, 2.45) is 10.2 Å². The monoisotopic (exact) mass is 541 g/mol. The van der Waals surface area contributed by atoms with Crippen LogP contribution in [0, 0.1) is 12.7 Å². The fourth-order valence-electron chi connectivity index (χ4n) is 3.88. The molecule has 10 nitrogen and oxygen atoms in total. The Morgan fingerprint density at radius 2 is 1.85 bits per heavy atom. The normalized spacial score (nSPS) is 14.2. The van der Waals surface area contributed by atoms with Crippen LogP contribution in [-0.4, -0.2) is 50.8 Å². The van der Waals surface area contributed by atoms with Crippen molar-refractivity contribution in [3.8, 4) is 5.69 Å². The molecule has 1 aromatic carbocycles. The number of pyridine rings is 1. The quantitative estimate of drug-likeness (QED) is 0.247. The van der Waals surface area contributed by atoms with Crippen LogP contribution in [0.3, 0.4) is 0 Å². The summed E-state index contributed by atoms with van der Waals surface area (Å²) in [6.45, 7) is 3.85. The number of nitrogens with one attached hydrogen (secondary N) is 1. The van der Waals surface area contributed by atoms with Crippen LogP contribution in [-0.2, 0) is 17.5 Å². The van der Waals surface area contributed by atoms with Gasteiger partial charge >= 0.3 is 6.18 Å². The topological polar surface area (TPSA) is 106 Å². The second-order valence-electron chi connectivity index (χ2n) is 8.69. The minimum Gasteiger partial charge on any atom is -0.378 e. The molecule has 1 saturated heterocycles. The molecule has 0 unspecified atom stereocenters. The molecule has 1 aliphatic heterocycles. The van der Waals surface area contributed by atoms with Crippen molar-refractivity contribution >= 4 is 23.1 Å². The van der Waals surface area contributed by atoms with E-state index in [1.165, 1.54) is 17.1 Å². The first-order valence-corrected chi connectivity index (χ1v) is 11.9. The van der Waals surface area contributed by atoms with Gasteiger partial charge in [-0.05, 0) is 37.3 Å². The van der Waals surface area contributed by atoms with Gasteiger partial charge in [0.25, 0.3) is 5.95 Å². The van der Waals surface area contributed by atoms with Crippen molar-refractivity contribution in [1.29, 1.82) is 0 Å². The molecule has 3 aromatic heterocycles. The zero-order valence-corrected chi connectivity index (χ0v) is 20.7. The molecule has 0 amide bonds. The minimum atomic E-state index is -4.52. The van der Waals surface area contributed by atoms with Crippen molar-refractivity contribution in [2.45, 2.75) is 19.6 Å². The number of hydrogen-bond donors (Lipinski definition) is 1. The van der Waals surface area contributed by atoms with Crippen LogP contribution in [0.2, 0.25) is 0 Å². The highest BCUT2D eigenvalue weighted by atomic mass is 19.4. The zero-order valence-electron chi connectivity index (χ0n) is 20.7.